The lowest BCUT2D eigenvalue weighted by atomic mass is 10.2. The maximum absolute atomic E-state index is 13.8. The zero-order chi connectivity index (χ0) is 14.5. The van der Waals surface area contributed by atoms with Crippen LogP contribution in [-0.2, 0) is 0 Å². The first kappa shape index (κ1) is 14.5. The Morgan fingerprint density at radius 1 is 1.10 bits per heavy atom. The molecule has 20 heavy (non-hydrogen) atoms. The number of nitrogens with two attached hydrogens (primary N) is 1. The first-order chi connectivity index (χ1) is 9.63. The molecule has 0 aromatic heterocycles. The van der Waals surface area contributed by atoms with Crippen LogP contribution in [0, 0.1) is 5.82 Å². The Bertz CT molecular complexity index is 604. The summed E-state index contributed by atoms with van der Waals surface area (Å²) >= 11 is 5.71. The summed E-state index contributed by atoms with van der Waals surface area (Å²) in [6.07, 6.45) is 0.868. The molecule has 0 aliphatic carbocycles. The molecule has 106 valence electrons. The monoisotopic (exact) mass is 295 g/mol. The second kappa shape index (κ2) is 6.48. The van der Waals surface area contributed by atoms with Gasteiger partial charge < -0.3 is 15.2 Å². The van der Waals surface area contributed by atoms with Gasteiger partial charge >= 0.3 is 0 Å². The normalized spacial score (nSPS) is 10.3. The fourth-order valence-corrected chi connectivity index (χ4v) is 1.80. The van der Waals surface area contributed by atoms with Crippen LogP contribution in [0.1, 0.15) is 13.3 Å². The topological polar surface area (TPSA) is 44.5 Å². The van der Waals surface area contributed by atoms with E-state index in [1.54, 1.807) is 24.3 Å². The van der Waals surface area contributed by atoms with Gasteiger partial charge in [0.25, 0.3) is 0 Å². The van der Waals surface area contributed by atoms with Crippen LogP contribution in [0.5, 0.6) is 17.2 Å². The van der Waals surface area contributed by atoms with Crippen molar-refractivity contribution >= 4 is 17.3 Å². The molecule has 0 amide bonds. The van der Waals surface area contributed by atoms with E-state index in [2.05, 4.69) is 0 Å². The highest BCUT2D eigenvalue weighted by Gasteiger charge is 2.12. The first-order valence-electron chi connectivity index (χ1n) is 6.26. The van der Waals surface area contributed by atoms with Gasteiger partial charge in [0.05, 0.1) is 11.6 Å². The molecule has 0 fully saturated rings. The van der Waals surface area contributed by atoms with E-state index in [4.69, 9.17) is 26.8 Å². The van der Waals surface area contributed by atoms with Crippen molar-refractivity contribution in [2.24, 2.45) is 0 Å². The molecule has 2 rings (SSSR count). The predicted octanol–water partition coefficient (Wildman–Crippen LogP) is 4.64. The smallest absolute Gasteiger partial charge is 0.184 e. The summed E-state index contributed by atoms with van der Waals surface area (Å²) < 4.78 is 24.8. The van der Waals surface area contributed by atoms with E-state index in [1.807, 2.05) is 6.92 Å². The molecule has 0 saturated carbocycles. The molecular weight excluding hydrogens is 281 g/mol. The van der Waals surface area contributed by atoms with E-state index in [0.717, 1.165) is 6.42 Å². The average molecular weight is 296 g/mol. The SMILES string of the molecule is CCCOc1cccc(Oc2cccc(Cl)c2F)c1N. The molecule has 2 aromatic rings. The maximum atomic E-state index is 13.8. The van der Waals surface area contributed by atoms with Gasteiger partial charge in [-0.1, -0.05) is 30.7 Å². The third kappa shape index (κ3) is 3.14. The summed E-state index contributed by atoms with van der Waals surface area (Å²) in [5, 5.41) is -0.000501. The lowest BCUT2D eigenvalue weighted by Crippen LogP contribution is -2.01. The van der Waals surface area contributed by atoms with Gasteiger partial charge in [0.2, 0.25) is 0 Å². The highest BCUT2D eigenvalue weighted by atomic mass is 35.5. The van der Waals surface area contributed by atoms with E-state index in [-0.39, 0.29) is 10.8 Å². The Hall–Kier alpha value is -1.94. The van der Waals surface area contributed by atoms with Crippen molar-refractivity contribution in [2.45, 2.75) is 13.3 Å². The van der Waals surface area contributed by atoms with Crippen molar-refractivity contribution in [1.29, 1.82) is 0 Å². The highest BCUT2D eigenvalue weighted by Crippen LogP contribution is 2.36. The van der Waals surface area contributed by atoms with Gasteiger partial charge in [-0.3, -0.25) is 0 Å². The Morgan fingerprint density at radius 2 is 1.75 bits per heavy atom. The van der Waals surface area contributed by atoms with Crippen LogP contribution in [0.25, 0.3) is 0 Å². The molecule has 2 N–H and O–H groups in total. The minimum Gasteiger partial charge on any atom is -0.491 e. The van der Waals surface area contributed by atoms with Crippen LogP contribution >= 0.6 is 11.6 Å². The van der Waals surface area contributed by atoms with Crippen LogP contribution in [0.3, 0.4) is 0 Å². The molecule has 2 aromatic carbocycles. The summed E-state index contributed by atoms with van der Waals surface area (Å²) in [5.74, 6) is 0.261. The number of nitrogen functional groups attached to an aromatic ring is 1. The quantitative estimate of drug-likeness (QED) is 0.817. The van der Waals surface area contributed by atoms with E-state index in [1.165, 1.54) is 12.1 Å². The molecule has 0 spiro atoms. The molecule has 0 aliphatic rings. The largest absolute Gasteiger partial charge is 0.491 e. The predicted molar refractivity (Wildman–Crippen MR) is 78.1 cm³/mol. The molecule has 5 heteroatoms. The molecule has 0 aliphatic heterocycles. The van der Waals surface area contributed by atoms with Gasteiger partial charge in [0, 0.05) is 0 Å². The minimum atomic E-state index is -0.617. The summed E-state index contributed by atoms with van der Waals surface area (Å²) in [6, 6.07) is 9.67. The number of hydrogen-bond donors (Lipinski definition) is 1. The lowest BCUT2D eigenvalue weighted by molar-refractivity contribution is 0.317. The Kier molecular flexibility index (Phi) is 4.69. The summed E-state index contributed by atoms with van der Waals surface area (Å²) in [7, 11) is 0. The summed E-state index contributed by atoms with van der Waals surface area (Å²) in [6.45, 7) is 2.55. The third-order valence-electron chi connectivity index (χ3n) is 2.62. The number of halogens is 2. The number of ether oxygens (including phenoxy) is 2. The Labute approximate surface area is 122 Å². The molecule has 0 atom stereocenters. The van der Waals surface area contributed by atoms with Crippen molar-refractivity contribution in [3.05, 3.63) is 47.2 Å². The fraction of sp³-hybridized carbons (Fsp3) is 0.200. The Morgan fingerprint density at radius 3 is 2.50 bits per heavy atom. The average Bonchev–Trinajstić information content (AvgIpc) is 2.44. The summed E-state index contributed by atoms with van der Waals surface area (Å²) in [5.41, 5.74) is 6.29. The first-order valence-corrected chi connectivity index (χ1v) is 6.64. The molecule has 0 saturated heterocycles. The zero-order valence-electron chi connectivity index (χ0n) is 11.0. The molecule has 0 unspecified atom stereocenters. The number of hydrogen-bond acceptors (Lipinski definition) is 3. The van der Waals surface area contributed by atoms with Crippen molar-refractivity contribution in [3.8, 4) is 17.2 Å². The van der Waals surface area contributed by atoms with Crippen LogP contribution in [-0.4, -0.2) is 6.61 Å². The molecule has 0 bridgehead atoms. The van der Waals surface area contributed by atoms with E-state index in [9.17, 15) is 4.39 Å². The number of para-hydroxylation sites is 1. The van der Waals surface area contributed by atoms with Gasteiger partial charge in [-0.2, -0.15) is 0 Å². The van der Waals surface area contributed by atoms with E-state index < -0.39 is 5.82 Å². The number of rotatable bonds is 5. The molecule has 0 heterocycles. The van der Waals surface area contributed by atoms with Crippen LogP contribution in [0.15, 0.2) is 36.4 Å². The second-order valence-electron chi connectivity index (χ2n) is 4.17. The minimum absolute atomic E-state index is 0.000501. The van der Waals surface area contributed by atoms with E-state index >= 15 is 0 Å². The van der Waals surface area contributed by atoms with Gasteiger partial charge in [-0.15, -0.1) is 0 Å². The fourth-order valence-electron chi connectivity index (χ4n) is 1.63. The van der Waals surface area contributed by atoms with Crippen molar-refractivity contribution in [3.63, 3.8) is 0 Å². The van der Waals surface area contributed by atoms with Crippen molar-refractivity contribution in [1.82, 2.24) is 0 Å². The zero-order valence-corrected chi connectivity index (χ0v) is 11.8. The maximum Gasteiger partial charge on any atom is 0.184 e. The van der Waals surface area contributed by atoms with Crippen molar-refractivity contribution in [2.75, 3.05) is 12.3 Å². The van der Waals surface area contributed by atoms with Gasteiger partial charge in [0.15, 0.2) is 17.3 Å². The standard InChI is InChI=1S/C15H15ClFNO2/c1-2-9-19-12-7-4-8-13(15(12)18)20-11-6-3-5-10(16)14(11)17/h3-8H,2,9,18H2,1H3. The highest BCUT2D eigenvalue weighted by molar-refractivity contribution is 6.30. The molecule has 3 nitrogen and oxygen atoms in total. The molecule has 0 radical (unpaired) electrons. The van der Waals surface area contributed by atoms with Gasteiger partial charge in [-0.25, -0.2) is 4.39 Å². The lowest BCUT2D eigenvalue weighted by Gasteiger charge is -2.13. The van der Waals surface area contributed by atoms with Crippen LogP contribution < -0.4 is 15.2 Å². The van der Waals surface area contributed by atoms with E-state index in [0.29, 0.717) is 23.8 Å². The molecular formula is C15H15ClFNO2. The number of anilines is 1. The van der Waals surface area contributed by atoms with Crippen molar-refractivity contribution < 1.29 is 13.9 Å². The summed E-state index contributed by atoms with van der Waals surface area (Å²) in [4.78, 5) is 0. The van der Waals surface area contributed by atoms with Gasteiger partial charge in [0.1, 0.15) is 11.4 Å². The number of benzene rings is 2. The van der Waals surface area contributed by atoms with Crippen LogP contribution in [0.4, 0.5) is 10.1 Å². The second-order valence-corrected chi connectivity index (χ2v) is 4.58. The third-order valence-corrected chi connectivity index (χ3v) is 2.92. The van der Waals surface area contributed by atoms with Gasteiger partial charge in [-0.05, 0) is 30.7 Å². The Balaban J connectivity index is 2.27. The van der Waals surface area contributed by atoms with Crippen LogP contribution in [0.2, 0.25) is 5.02 Å².